The number of aliphatic carboxylic acids is 1. The fourth-order valence-electron chi connectivity index (χ4n) is 6.06. The molecule has 2 N–H and O–H groups in total. The van der Waals surface area contributed by atoms with Gasteiger partial charge >= 0.3 is 18.3 Å². The number of rotatable bonds is 12. The molecule has 1 aromatic heterocycles. The van der Waals surface area contributed by atoms with Gasteiger partial charge in [0.25, 0.3) is 5.56 Å². The molecule has 1 heterocycles. The van der Waals surface area contributed by atoms with Crippen LogP contribution in [0, 0.1) is 38.3 Å². The predicted molar refractivity (Wildman–Crippen MR) is 171 cm³/mol. The van der Waals surface area contributed by atoms with Crippen LogP contribution in [0.25, 0.3) is 11.1 Å². The van der Waals surface area contributed by atoms with Crippen LogP contribution in [0.1, 0.15) is 77.7 Å². The van der Waals surface area contributed by atoms with Crippen LogP contribution < -0.4 is 10.9 Å². The lowest BCUT2D eigenvalue weighted by atomic mass is 9.88. The Bertz CT molecular complexity index is 1790. The second kappa shape index (κ2) is 15.3. The van der Waals surface area contributed by atoms with Crippen molar-refractivity contribution in [3.8, 4) is 11.1 Å². The van der Waals surface area contributed by atoms with Crippen LogP contribution in [0.5, 0.6) is 0 Å². The maximum atomic E-state index is 16.4. The zero-order valence-corrected chi connectivity index (χ0v) is 28.5. The minimum atomic E-state index is -5.37. The van der Waals surface area contributed by atoms with Crippen LogP contribution in [0.3, 0.4) is 0 Å². The molecule has 3 aromatic rings. The Labute approximate surface area is 283 Å². The number of pyridine rings is 1. The third-order valence-electron chi connectivity index (χ3n) is 8.16. The summed E-state index contributed by atoms with van der Waals surface area (Å²) in [7, 11) is 3.22. The van der Waals surface area contributed by atoms with Gasteiger partial charge in [-0.1, -0.05) is 31.5 Å². The zero-order chi connectivity index (χ0) is 38.0. The van der Waals surface area contributed by atoms with Crippen LogP contribution in [-0.2, 0) is 28.4 Å². The van der Waals surface area contributed by atoms with Crippen molar-refractivity contribution in [2.45, 2.75) is 78.3 Å². The lowest BCUT2D eigenvalue weighted by Crippen LogP contribution is -2.41. The van der Waals surface area contributed by atoms with Crippen molar-refractivity contribution in [3.63, 3.8) is 0 Å². The average molecular weight is 718 g/mol. The molecule has 3 rings (SSSR count). The first-order valence-electron chi connectivity index (χ1n) is 15.6. The largest absolute Gasteiger partial charge is 0.481 e. The smallest absolute Gasteiger partial charge is 0.419 e. The molecule has 2 aromatic carbocycles. The molecule has 0 aliphatic heterocycles. The van der Waals surface area contributed by atoms with Gasteiger partial charge in [0.1, 0.15) is 17.7 Å². The molecule has 0 fully saturated rings. The van der Waals surface area contributed by atoms with Gasteiger partial charge in [-0.25, -0.2) is 8.78 Å². The number of aromatic nitrogens is 1. The lowest BCUT2D eigenvalue weighted by molar-refractivity contribution is -0.140. The number of hydrogen-bond acceptors (Lipinski definition) is 4. The van der Waals surface area contributed by atoms with Gasteiger partial charge in [0.15, 0.2) is 0 Å². The highest BCUT2D eigenvalue weighted by atomic mass is 19.4. The minimum Gasteiger partial charge on any atom is -0.481 e. The summed E-state index contributed by atoms with van der Waals surface area (Å²) in [5.74, 6) is -7.09. The number of carboxylic acids is 1. The van der Waals surface area contributed by atoms with E-state index in [4.69, 9.17) is 0 Å². The Balaban J connectivity index is 2.29. The number of alkyl halides is 6. The molecule has 0 spiro atoms. The van der Waals surface area contributed by atoms with E-state index >= 15 is 8.78 Å². The molecule has 0 bridgehead atoms. The first-order chi connectivity index (χ1) is 22.9. The van der Waals surface area contributed by atoms with E-state index in [0.717, 1.165) is 10.8 Å². The summed E-state index contributed by atoms with van der Waals surface area (Å²) in [5, 5.41) is 11.8. The molecule has 0 saturated heterocycles. The number of benzene rings is 2. The second-order valence-corrected chi connectivity index (χ2v) is 13.1. The minimum absolute atomic E-state index is 0.000467. The molecule has 15 heteroatoms. The molecule has 2 atom stereocenters. The highest BCUT2D eigenvalue weighted by Crippen LogP contribution is 2.42. The van der Waals surface area contributed by atoms with Gasteiger partial charge in [-0.2, -0.15) is 26.3 Å². The van der Waals surface area contributed by atoms with Crippen molar-refractivity contribution in [2.75, 3.05) is 20.6 Å². The van der Waals surface area contributed by atoms with Gasteiger partial charge in [0.05, 0.1) is 23.6 Å². The molecular weight excluding hydrogens is 678 g/mol. The lowest BCUT2D eigenvalue weighted by Gasteiger charge is -2.27. The number of halogens is 8. The second-order valence-electron chi connectivity index (χ2n) is 13.1. The average Bonchev–Trinajstić information content (AvgIpc) is 2.94. The number of nitrogens with one attached hydrogen (secondary N) is 1. The Hall–Kier alpha value is -4.27. The number of carboxylic acid groups (broad SMARTS) is 1. The Kier molecular flexibility index (Phi) is 12.3. The normalized spacial score (nSPS) is 13.5. The summed E-state index contributed by atoms with van der Waals surface area (Å²) in [4.78, 5) is 40.6. The van der Waals surface area contributed by atoms with E-state index < -0.39 is 88.1 Å². The van der Waals surface area contributed by atoms with Crippen LogP contribution in [0.15, 0.2) is 35.3 Å². The molecule has 0 aliphatic rings. The summed E-state index contributed by atoms with van der Waals surface area (Å²) in [5.41, 5.74) is -5.38. The predicted octanol–water partition coefficient (Wildman–Crippen LogP) is 7.78. The molecule has 0 saturated carbocycles. The van der Waals surface area contributed by atoms with Crippen LogP contribution in [0.4, 0.5) is 35.1 Å². The maximum Gasteiger partial charge on any atom is 0.419 e. The molecule has 0 aliphatic carbocycles. The van der Waals surface area contributed by atoms with Crippen LogP contribution >= 0.6 is 0 Å². The van der Waals surface area contributed by atoms with Crippen LogP contribution in [0.2, 0.25) is 0 Å². The fourth-order valence-corrected chi connectivity index (χ4v) is 6.06. The van der Waals surface area contributed by atoms with Gasteiger partial charge in [0, 0.05) is 29.9 Å². The highest BCUT2D eigenvalue weighted by molar-refractivity contribution is 5.82. The Morgan fingerprint density at radius 1 is 0.900 bits per heavy atom. The topological polar surface area (TPSA) is 91.6 Å². The molecule has 0 radical (unpaired) electrons. The van der Waals surface area contributed by atoms with E-state index in [1.807, 2.05) is 0 Å². The number of aryl methyl sites for hydroxylation is 3. The number of nitrogens with zero attached hydrogens (tertiary/aromatic N) is 2. The monoisotopic (exact) mass is 717 g/mol. The van der Waals surface area contributed by atoms with Crippen molar-refractivity contribution in [1.29, 1.82) is 0 Å². The van der Waals surface area contributed by atoms with Gasteiger partial charge in [0.2, 0.25) is 5.91 Å². The summed E-state index contributed by atoms with van der Waals surface area (Å²) in [6.07, 6.45) is -11.1. The molecule has 1 amide bonds. The molecule has 50 heavy (non-hydrogen) atoms. The van der Waals surface area contributed by atoms with Crippen molar-refractivity contribution in [2.24, 2.45) is 5.92 Å². The summed E-state index contributed by atoms with van der Waals surface area (Å²) in [6, 6.07) is -0.126. The molecule has 1 unspecified atom stereocenters. The van der Waals surface area contributed by atoms with Crippen molar-refractivity contribution < 1.29 is 49.8 Å². The fraction of sp³-hybridized carbons (Fsp3) is 0.457. The van der Waals surface area contributed by atoms with Crippen LogP contribution in [-0.4, -0.2) is 47.1 Å². The standard InChI is InChI=1S/C35H39F8N3O4/c1-17(2)10-26(46-16-21(8-9-45(6)7)23(14-27(46)47)34(38,39)40)33(50)44-25(15-28(48)49)30-31(36)22(13-24(32(30)37)35(41,42)43)29-19(4)11-18(3)12-20(29)5/h11-14,16-17,25-26H,8-10,15H2,1-7H3,(H,44,50)(H,48,49)/t25-,26?/m0/s1. The van der Waals surface area contributed by atoms with Gasteiger partial charge < -0.3 is 19.9 Å². The Morgan fingerprint density at radius 2 is 1.46 bits per heavy atom. The number of likely N-dealkylation sites (N-methyl/N-ethyl adjacent to an activating group) is 1. The van der Waals surface area contributed by atoms with Crippen molar-refractivity contribution in [3.05, 3.63) is 91.4 Å². The zero-order valence-electron chi connectivity index (χ0n) is 28.5. The van der Waals surface area contributed by atoms with E-state index in [0.29, 0.717) is 22.8 Å². The number of hydrogen-bond donors (Lipinski definition) is 2. The third kappa shape index (κ3) is 9.29. The van der Waals surface area contributed by atoms with E-state index in [1.165, 1.54) is 13.8 Å². The quantitative estimate of drug-likeness (QED) is 0.187. The SMILES string of the molecule is Cc1cc(C)c(-c2cc(C(F)(F)F)c(F)c([C@H](CC(=O)O)NC(=O)C(CC(C)C)n3cc(CCN(C)C)c(C(F)(F)F)cc3=O)c2F)c(C)c1. The number of amides is 1. The van der Waals surface area contributed by atoms with E-state index in [9.17, 15) is 45.8 Å². The summed E-state index contributed by atoms with van der Waals surface area (Å²) >= 11 is 0. The molecule has 7 nitrogen and oxygen atoms in total. The molecular formula is C35H39F8N3O4. The van der Waals surface area contributed by atoms with E-state index in [1.54, 1.807) is 51.9 Å². The first-order valence-corrected chi connectivity index (χ1v) is 15.6. The third-order valence-corrected chi connectivity index (χ3v) is 8.16. The number of carbonyl (C=O) groups is 2. The summed E-state index contributed by atoms with van der Waals surface area (Å²) < 4.78 is 117. The van der Waals surface area contributed by atoms with Crippen molar-refractivity contribution >= 4 is 11.9 Å². The maximum absolute atomic E-state index is 16.4. The van der Waals surface area contributed by atoms with Gasteiger partial charge in [-0.3, -0.25) is 14.4 Å². The number of carbonyl (C=O) groups excluding carboxylic acids is 1. The van der Waals surface area contributed by atoms with Gasteiger partial charge in [-0.15, -0.1) is 0 Å². The molecule has 274 valence electrons. The van der Waals surface area contributed by atoms with Crippen molar-refractivity contribution in [1.82, 2.24) is 14.8 Å². The van der Waals surface area contributed by atoms with E-state index in [-0.39, 0.29) is 36.6 Å². The Morgan fingerprint density at radius 3 is 1.94 bits per heavy atom. The van der Waals surface area contributed by atoms with Gasteiger partial charge in [-0.05, 0) is 81.9 Å². The first kappa shape index (κ1) is 40.2. The highest BCUT2D eigenvalue weighted by Gasteiger charge is 2.41. The summed E-state index contributed by atoms with van der Waals surface area (Å²) in [6.45, 7) is 8.07. The van der Waals surface area contributed by atoms with E-state index in [2.05, 4.69) is 5.32 Å².